The van der Waals surface area contributed by atoms with Crippen LogP contribution in [-0.4, -0.2) is 26.7 Å². The molecule has 0 fully saturated rings. The number of amides is 1. The van der Waals surface area contributed by atoms with E-state index in [1.807, 2.05) is 55.5 Å². The highest BCUT2D eigenvalue weighted by Gasteiger charge is 2.22. The van der Waals surface area contributed by atoms with Crippen LogP contribution in [0.3, 0.4) is 0 Å². The van der Waals surface area contributed by atoms with Crippen molar-refractivity contribution in [2.45, 2.75) is 18.9 Å². The largest absolute Gasteiger partial charge is 0.497 e. The van der Waals surface area contributed by atoms with Gasteiger partial charge in [0, 0.05) is 12.1 Å². The summed E-state index contributed by atoms with van der Waals surface area (Å²) >= 11 is 0. The molecular weight excluding hydrogens is 304 g/mol. The number of ether oxygens (including phenoxy) is 2. The highest BCUT2D eigenvalue weighted by atomic mass is 16.5. The van der Waals surface area contributed by atoms with E-state index in [1.54, 1.807) is 14.2 Å². The van der Waals surface area contributed by atoms with Gasteiger partial charge in [-0.3, -0.25) is 4.79 Å². The van der Waals surface area contributed by atoms with E-state index in [1.165, 1.54) is 0 Å². The summed E-state index contributed by atoms with van der Waals surface area (Å²) in [5.41, 5.74) is 7.58. The van der Waals surface area contributed by atoms with E-state index in [2.05, 4.69) is 5.32 Å². The molecule has 3 N–H and O–H groups in total. The average molecular weight is 328 g/mol. The number of carbonyl (C=O) groups is 1. The Kier molecular flexibility index (Phi) is 6.21. The average Bonchev–Trinajstić information content (AvgIpc) is 2.62. The first kappa shape index (κ1) is 17.8. The molecule has 0 aromatic heterocycles. The van der Waals surface area contributed by atoms with Gasteiger partial charge in [-0.1, -0.05) is 30.3 Å². The third-order valence-electron chi connectivity index (χ3n) is 4.02. The lowest BCUT2D eigenvalue weighted by Crippen LogP contribution is -2.35. The number of benzene rings is 2. The van der Waals surface area contributed by atoms with Gasteiger partial charge in [-0.05, 0) is 30.7 Å². The van der Waals surface area contributed by atoms with E-state index in [0.29, 0.717) is 11.5 Å². The molecule has 2 aromatic rings. The second-order valence-corrected chi connectivity index (χ2v) is 5.54. The Morgan fingerprint density at radius 2 is 1.83 bits per heavy atom. The van der Waals surface area contributed by atoms with Gasteiger partial charge in [0.05, 0.1) is 26.2 Å². The minimum atomic E-state index is -0.384. The molecule has 0 aliphatic carbocycles. The van der Waals surface area contributed by atoms with E-state index in [9.17, 15) is 4.79 Å². The van der Waals surface area contributed by atoms with Crippen molar-refractivity contribution in [2.24, 2.45) is 5.73 Å². The molecule has 0 aliphatic rings. The smallest absolute Gasteiger partial charge is 0.229 e. The van der Waals surface area contributed by atoms with E-state index in [-0.39, 0.29) is 24.4 Å². The molecule has 0 saturated heterocycles. The van der Waals surface area contributed by atoms with Crippen LogP contribution in [0.5, 0.6) is 11.5 Å². The van der Waals surface area contributed by atoms with Gasteiger partial charge >= 0.3 is 0 Å². The van der Waals surface area contributed by atoms with Crippen molar-refractivity contribution in [1.29, 1.82) is 0 Å². The fourth-order valence-corrected chi connectivity index (χ4v) is 2.65. The van der Waals surface area contributed by atoms with Gasteiger partial charge in [0.1, 0.15) is 11.5 Å². The van der Waals surface area contributed by atoms with Gasteiger partial charge in [0.2, 0.25) is 5.91 Å². The van der Waals surface area contributed by atoms with E-state index >= 15 is 0 Å². The zero-order chi connectivity index (χ0) is 17.5. The molecule has 0 spiro atoms. The molecule has 0 aliphatic heterocycles. The number of nitrogens with one attached hydrogen (secondary N) is 1. The van der Waals surface area contributed by atoms with Crippen LogP contribution in [-0.2, 0) is 4.79 Å². The molecule has 0 saturated carbocycles. The Hall–Kier alpha value is -2.53. The highest BCUT2D eigenvalue weighted by Crippen LogP contribution is 2.29. The van der Waals surface area contributed by atoms with Crippen molar-refractivity contribution in [1.82, 2.24) is 5.32 Å². The highest BCUT2D eigenvalue weighted by molar-refractivity contribution is 5.84. The van der Waals surface area contributed by atoms with E-state index in [4.69, 9.17) is 15.2 Å². The van der Waals surface area contributed by atoms with Crippen LogP contribution in [0.25, 0.3) is 0 Å². The van der Waals surface area contributed by atoms with Gasteiger partial charge < -0.3 is 20.5 Å². The molecule has 2 rings (SSSR count). The van der Waals surface area contributed by atoms with Crippen molar-refractivity contribution in [3.05, 3.63) is 59.7 Å². The maximum atomic E-state index is 12.6. The summed E-state index contributed by atoms with van der Waals surface area (Å²) in [5, 5.41) is 3.02. The number of methoxy groups -OCH3 is 2. The Morgan fingerprint density at radius 1 is 1.12 bits per heavy atom. The van der Waals surface area contributed by atoms with Crippen molar-refractivity contribution in [3.8, 4) is 11.5 Å². The number of carbonyl (C=O) groups excluding carboxylic acids is 1. The van der Waals surface area contributed by atoms with Crippen LogP contribution in [0.1, 0.15) is 30.0 Å². The molecular formula is C19H24N2O3. The molecule has 24 heavy (non-hydrogen) atoms. The molecule has 2 atom stereocenters. The summed E-state index contributed by atoms with van der Waals surface area (Å²) in [6, 6.07) is 14.8. The standard InChI is InChI=1S/C19H24N2O3/c1-13(16-11-15(23-2)9-10-18(16)24-3)21-19(22)17(12-20)14-7-5-4-6-8-14/h4-11,13,17H,12,20H2,1-3H3,(H,21,22). The predicted molar refractivity (Wildman–Crippen MR) is 94.3 cm³/mol. The maximum absolute atomic E-state index is 12.6. The van der Waals surface area contributed by atoms with E-state index in [0.717, 1.165) is 11.1 Å². The van der Waals surface area contributed by atoms with Gasteiger partial charge in [0.15, 0.2) is 0 Å². The van der Waals surface area contributed by atoms with Crippen LogP contribution in [0.4, 0.5) is 0 Å². The molecule has 2 unspecified atom stereocenters. The third kappa shape index (κ3) is 4.06. The monoisotopic (exact) mass is 328 g/mol. The fourth-order valence-electron chi connectivity index (χ4n) is 2.65. The summed E-state index contributed by atoms with van der Waals surface area (Å²) in [7, 11) is 3.21. The quantitative estimate of drug-likeness (QED) is 0.819. The van der Waals surface area contributed by atoms with Crippen molar-refractivity contribution < 1.29 is 14.3 Å². The molecule has 5 nitrogen and oxygen atoms in total. The van der Waals surface area contributed by atoms with Crippen LogP contribution < -0.4 is 20.5 Å². The molecule has 2 aromatic carbocycles. The zero-order valence-corrected chi connectivity index (χ0v) is 14.3. The lowest BCUT2D eigenvalue weighted by molar-refractivity contribution is -0.123. The zero-order valence-electron chi connectivity index (χ0n) is 14.3. The SMILES string of the molecule is COc1ccc(OC)c(C(C)NC(=O)C(CN)c2ccccc2)c1. The number of nitrogens with two attached hydrogens (primary N) is 1. The van der Waals surface area contributed by atoms with E-state index < -0.39 is 0 Å². The van der Waals surface area contributed by atoms with Crippen molar-refractivity contribution in [2.75, 3.05) is 20.8 Å². The molecule has 0 heterocycles. The second kappa shape index (κ2) is 8.36. The predicted octanol–water partition coefficient (Wildman–Crippen LogP) is 2.62. The Balaban J connectivity index is 2.19. The first-order valence-corrected chi connectivity index (χ1v) is 7.88. The Morgan fingerprint density at radius 3 is 2.42 bits per heavy atom. The summed E-state index contributed by atoms with van der Waals surface area (Å²) < 4.78 is 10.6. The third-order valence-corrected chi connectivity index (χ3v) is 4.02. The van der Waals surface area contributed by atoms with Crippen molar-refractivity contribution >= 4 is 5.91 Å². The Labute approximate surface area is 142 Å². The summed E-state index contributed by atoms with van der Waals surface area (Å²) in [6.07, 6.45) is 0. The van der Waals surface area contributed by atoms with Gasteiger partial charge in [-0.25, -0.2) is 0 Å². The molecule has 5 heteroatoms. The molecule has 0 radical (unpaired) electrons. The summed E-state index contributed by atoms with van der Waals surface area (Å²) in [5.74, 6) is 0.921. The van der Waals surface area contributed by atoms with Crippen LogP contribution in [0.15, 0.2) is 48.5 Å². The summed E-state index contributed by atoms with van der Waals surface area (Å²) in [6.45, 7) is 2.16. The van der Waals surface area contributed by atoms with Crippen LogP contribution in [0, 0.1) is 0 Å². The minimum absolute atomic E-state index is 0.110. The lowest BCUT2D eigenvalue weighted by atomic mass is 9.97. The minimum Gasteiger partial charge on any atom is -0.497 e. The lowest BCUT2D eigenvalue weighted by Gasteiger charge is -2.21. The van der Waals surface area contributed by atoms with Gasteiger partial charge in [-0.2, -0.15) is 0 Å². The number of hydrogen-bond acceptors (Lipinski definition) is 4. The first-order valence-electron chi connectivity index (χ1n) is 7.88. The normalized spacial score (nSPS) is 13.0. The Bertz CT molecular complexity index is 674. The summed E-state index contributed by atoms with van der Waals surface area (Å²) in [4.78, 5) is 12.6. The van der Waals surface area contributed by atoms with Gasteiger partial charge in [-0.15, -0.1) is 0 Å². The second-order valence-electron chi connectivity index (χ2n) is 5.54. The number of rotatable bonds is 7. The van der Waals surface area contributed by atoms with Crippen LogP contribution >= 0.6 is 0 Å². The van der Waals surface area contributed by atoms with Gasteiger partial charge in [0.25, 0.3) is 0 Å². The molecule has 1 amide bonds. The maximum Gasteiger partial charge on any atom is 0.229 e. The fraction of sp³-hybridized carbons (Fsp3) is 0.316. The van der Waals surface area contributed by atoms with Crippen LogP contribution in [0.2, 0.25) is 0 Å². The number of hydrogen-bond donors (Lipinski definition) is 2. The molecule has 128 valence electrons. The topological polar surface area (TPSA) is 73.6 Å². The molecule has 0 bridgehead atoms. The first-order chi connectivity index (χ1) is 11.6. The van der Waals surface area contributed by atoms with Crippen molar-refractivity contribution in [3.63, 3.8) is 0 Å².